The molecular formula is C51H40N2. The molecule has 254 valence electrons. The first-order valence-corrected chi connectivity index (χ1v) is 18.6. The molecular weight excluding hydrogens is 641 g/mol. The monoisotopic (exact) mass is 680 g/mol. The molecule has 1 aromatic heterocycles. The van der Waals surface area contributed by atoms with Crippen LogP contribution < -0.4 is 4.90 Å². The SMILES string of the molecule is C=C/C(=C\C=C1/CC(C)(C)c2cc(N(c3ccccc3)c3ccc4c(c3)-c3ccccc3C4)ccc21)n1c2ccccc2c2cc3ccccc3cc21. The van der Waals surface area contributed by atoms with E-state index >= 15 is 0 Å². The number of anilines is 3. The first-order chi connectivity index (χ1) is 26.0. The minimum absolute atomic E-state index is 0.0235. The van der Waals surface area contributed by atoms with Gasteiger partial charge in [-0.15, -0.1) is 0 Å². The van der Waals surface area contributed by atoms with Gasteiger partial charge in [-0.1, -0.05) is 124 Å². The first kappa shape index (κ1) is 31.4. The number of hydrogen-bond acceptors (Lipinski definition) is 1. The summed E-state index contributed by atoms with van der Waals surface area (Å²) in [6, 6.07) is 55.7. The van der Waals surface area contributed by atoms with Crippen LogP contribution in [0.15, 0.2) is 176 Å². The zero-order chi connectivity index (χ0) is 35.7. The second-order valence-electron chi connectivity index (χ2n) is 15.2. The molecule has 0 saturated heterocycles. The van der Waals surface area contributed by atoms with Crippen LogP contribution in [0.25, 0.3) is 55.0 Å². The van der Waals surface area contributed by atoms with Crippen LogP contribution in [0.2, 0.25) is 0 Å². The number of benzene rings is 7. The van der Waals surface area contributed by atoms with Gasteiger partial charge in [0, 0.05) is 33.5 Å². The summed E-state index contributed by atoms with van der Waals surface area (Å²) in [5.74, 6) is 0. The Bertz CT molecular complexity index is 2830. The summed E-state index contributed by atoms with van der Waals surface area (Å²) in [6.45, 7) is 9.07. The molecule has 0 unspecified atom stereocenters. The van der Waals surface area contributed by atoms with Gasteiger partial charge < -0.3 is 9.47 Å². The first-order valence-electron chi connectivity index (χ1n) is 18.6. The maximum atomic E-state index is 4.31. The van der Waals surface area contributed by atoms with Crippen molar-refractivity contribution in [2.45, 2.75) is 32.1 Å². The average molecular weight is 681 g/mol. The summed E-state index contributed by atoms with van der Waals surface area (Å²) in [7, 11) is 0. The minimum Gasteiger partial charge on any atom is -0.310 e. The molecule has 8 aromatic rings. The lowest BCUT2D eigenvalue weighted by atomic mass is 9.86. The Morgan fingerprint density at radius 1 is 0.604 bits per heavy atom. The third-order valence-electron chi connectivity index (χ3n) is 11.5. The molecule has 0 atom stereocenters. The van der Waals surface area contributed by atoms with Crippen molar-refractivity contribution in [3.63, 3.8) is 0 Å². The lowest BCUT2D eigenvalue weighted by Crippen LogP contribution is -2.14. The van der Waals surface area contributed by atoms with E-state index in [4.69, 9.17) is 0 Å². The maximum Gasteiger partial charge on any atom is 0.0547 e. The van der Waals surface area contributed by atoms with Crippen LogP contribution in [0, 0.1) is 0 Å². The molecule has 0 spiro atoms. The van der Waals surface area contributed by atoms with Crippen molar-refractivity contribution in [3.05, 3.63) is 199 Å². The van der Waals surface area contributed by atoms with Gasteiger partial charge in [-0.25, -0.2) is 0 Å². The van der Waals surface area contributed by atoms with Gasteiger partial charge >= 0.3 is 0 Å². The predicted octanol–water partition coefficient (Wildman–Crippen LogP) is 13.8. The Kier molecular flexibility index (Phi) is 7.16. The van der Waals surface area contributed by atoms with Gasteiger partial charge in [0.2, 0.25) is 0 Å². The third-order valence-corrected chi connectivity index (χ3v) is 11.5. The Morgan fingerprint density at radius 2 is 1.30 bits per heavy atom. The number of nitrogens with zero attached hydrogens (tertiary/aromatic N) is 2. The molecule has 2 aliphatic rings. The summed E-state index contributed by atoms with van der Waals surface area (Å²) in [4.78, 5) is 2.42. The van der Waals surface area contributed by atoms with Gasteiger partial charge in [-0.3, -0.25) is 0 Å². The molecule has 0 N–H and O–H groups in total. The van der Waals surface area contributed by atoms with Crippen LogP contribution >= 0.6 is 0 Å². The van der Waals surface area contributed by atoms with Crippen LogP contribution in [0.5, 0.6) is 0 Å². The lowest BCUT2D eigenvalue weighted by Gasteiger charge is -2.28. The summed E-state index contributed by atoms with van der Waals surface area (Å²) in [5.41, 5.74) is 16.5. The van der Waals surface area contributed by atoms with Crippen molar-refractivity contribution in [2.75, 3.05) is 4.90 Å². The Balaban J connectivity index is 1.08. The summed E-state index contributed by atoms with van der Waals surface area (Å²) >= 11 is 0. The molecule has 53 heavy (non-hydrogen) atoms. The molecule has 0 bridgehead atoms. The van der Waals surface area contributed by atoms with Gasteiger partial charge in [0.15, 0.2) is 0 Å². The summed E-state index contributed by atoms with van der Waals surface area (Å²) in [6.07, 6.45) is 8.55. The van der Waals surface area contributed by atoms with E-state index in [1.807, 2.05) is 6.08 Å². The fourth-order valence-electron chi connectivity index (χ4n) is 8.95. The smallest absolute Gasteiger partial charge is 0.0547 e. The third kappa shape index (κ3) is 5.09. The fourth-order valence-corrected chi connectivity index (χ4v) is 8.95. The van der Waals surface area contributed by atoms with E-state index in [1.165, 1.54) is 82.9 Å². The second kappa shape index (κ2) is 12.1. The van der Waals surface area contributed by atoms with Gasteiger partial charge in [-0.2, -0.15) is 0 Å². The Labute approximate surface area is 311 Å². The fraction of sp³-hybridized carbons (Fsp3) is 0.0980. The highest BCUT2D eigenvalue weighted by molar-refractivity contribution is 6.14. The molecule has 0 radical (unpaired) electrons. The van der Waals surface area contributed by atoms with Crippen molar-refractivity contribution < 1.29 is 0 Å². The Morgan fingerprint density at radius 3 is 2.15 bits per heavy atom. The van der Waals surface area contributed by atoms with Gasteiger partial charge in [-0.05, 0) is 135 Å². The minimum atomic E-state index is -0.0235. The molecule has 0 amide bonds. The maximum absolute atomic E-state index is 4.31. The van der Waals surface area contributed by atoms with Crippen LogP contribution in [-0.4, -0.2) is 4.57 Å². The van der Waals surface area contributed by atoms with Crippen LogP contribution in [-0.2, 0) is 11.8 Å². The van der Waals surface area contributed by atoms with Gasteiger partial charge in [0.25, 0.3) is 0 Å². The topological polar surface area (TPSA) is 8.17 Å². The van der Waals surface area contributed by atoms with E-state index in [0.29, 0.717) is 0 Å². The molecule has 1 heterocycles. The number of hydrogen-bond donors (Lipinski definition) is 0. The molecule has 7 aromatic carbocycles. The quantitative estimate of drug-likeness (QED) is 0.159. The average Bonchev–Trinajstić information content (AvgIpc) is 3.81. The van der Waals surface area contributed by atoms with Crippen molar-refractivity contribution in [1.29, 1.82) is 0 Å². The number of para-hydroxylation sites is 2. The normalized spacial score (nSPS) is 15.2. The number of aromatic nitrogens is 1. The van der Waals surface area contributed by atoms with Gasteiger partial charge in [0.05, 0.1) is 11.0 Å². The second-order valence-corrected chi connectivity index (χ2v) is 15.2. The van der Waals surface area contributed by atoms with Crippen molar-refractivity contribution in [3.8, 4) is 11.1 Å². The van der Waals surface area contributed by atoms with Crippen LogP contribution in [0.4, 0.5) is 17.1 Å². The highest BCUT2D eigenvalue weighted by atomic mass is 15.1. The molecule has 0 saturated carbocycles. The van der Waals surface area contributed by atoms with Crippen LogP contribution in [0.3, 0.4) is 0 Å². The molecule has 10 rings (SSSR count). The zero-order valence-corrected chi connectivity index (χ0v) is 30.2. The zero-order valence-electron chi connectivity index (χ0n) is 30.2. The van der Waals surface area contributed by atoms with Crippen molar-refractivity contribution in [1.82, 2.24) is 4.57 Å². The van der Waals surface area contributed by atoms with E-state index in [9.17, 15) is 0 Å². The van der Waals surface area contributed by atoms with Crippen LogP contribution in [0.1, 0.15) is 42.5 Å². The largest absolute Gasteiger partial charge is 0.310 e. The number of rotatable bonds is 6. The molecule has 2 nitrogen and oxygen atoms in total. The highest BCUT2D eigenvalue weighted by Gasteiger charge is 2.34. The Hall–Kier alpha value is -6.38. The predicted molar refractivity (Wildman–Crippen MR) is 226 cm³/mol. The summed E-state index contributed by atoms with van der Waals surface area (Å²) < 4.78 is 2.37. The van der Waals surface area contributed by atoms with Gasteiger partial charge in [0.1, 0.15) is 0 Å². The van der Waals surface area contributed by atoms with Crippen molar-refractivity contribution in [2.24, 2.45) is 0 Å². The van der Waals surface area contributed by atoms with E-state index in [0.717, 1.165) is 24.2 Å². The molecule has 0 aliphatic heterocycles. The van der Waals surface area contributed by atoms with E-state index in [2.05, 4.69) is 194 Å². The standard InChI is InChI=1S/C51H40N2/c1-4-39(53-49-21-13-12-20-45(49)47-29-34-14-8-9-15-35(34)30-50(47)53)24-23-38-33-51(2,3)48-32-42(26-27-44(38)48)52(40-17-6-5-7-18-40)41-25-22-37-28-36-16-10-11-19-43(36)46(37)31-41/h4-27,29-32H,1,28,33H2,2-3H3/b38-23+,39-24+. The number of allylic oxidation sites excluding steroid dienone is 5. The van der Waals surface area contributed by atoms with E-state index < -0.39 is 0 Å². The van der Waals surface area contributed by atoms with Crippen molar-refractivity contribution >= 4 is 60.9 Å². The van der Waals surface area contributed by atoms with E-state index in [1.54, 1.807) is 0 Å². The number of fused-ring (bicyclic) bond motifs is 8. The summed E-state index contributed by atoms with van der Waals surface area (Å²) in [5, 5.41) is 5.01. The molecule has 2 aliphatic carbocycles. The highest BCUT2D eigenvalue weighted by Crippen LogP contribution is 2.49. The molecule has 2 heteroatoms. The van der Waals surface area contributed by atoms with E-state index in [-0.39, 0.29) is 5.41 Å². The molecule has 0 fully saturated rings. The lowest BCUT2D eigenvalue weighted by molar-refractivity contribution is 0.563.